The highest BCUT2D eigenvalue weighted by Crippen LogP contribution is 2.46. The van der Waals surface area contributed by atoms with Gasteiger partial charge in [0.05, 0.1) is 51.9 Å². The van der Waals surface area contributed by atoms with E-state index >= 15 is 0 Å². The fourth-order valence-electron chi connectivity index (χ4n) is 9.69. The van der Waals surface area contributed by atoms with E-state index in [1.807, 2.05) is 17.2 Å². The zero-order chi connectivity index (χ0) is 43.3. The summed E-state index contributed by atoms with van der Waals surface area (Å²) in [6.07, 6.45) is 11.9. The zero-order valence-corrected chi connectivity index (χ0v) is 36.7. The maximum Gasteiger partial charge on any atom is 0.533 e. The number of benzene rings is 2. The van der Waals surface area contributed by atoms with Crippen LogP contribution in [-0.2, 0) is 8.98 Å². The molecule has 1 saturated carbocycles. The normalized spacial score (nSPS) is 20.1. The molecule has 1 unspecified atom stereocenters. The number of nitrogens with zero attached hydrogens (tertiary/aromatic N) is 7. The summed E-state index contributed by atoms with van der Waals surface area (Å²) in [4.78, 5) is 38.7. The number of hydrogen-bond donors (Lipinski definition) is 1. The molecule has 2 aliphatic heterocycles. The summed E-state index contributed by atoms with van der Waals surface area (Å²) < 4.78 is 49.0. The molecule has 16 heteroatoms. The standard InChI is InChI=1S/C45H59F3N8O4S/c1-6-8-31(2)55(30-57)40-10-7-9-39(42(40)52(3)4)54-21-17-44(18-22-54)15-19-53(20-16-44)28-32-11-13-35(14-12-32)56-29-34-24-38(41(59-5)25-37(34)51-56)50-43(58)33-23-36(27-49-26-33)61-60-45(46,47)48/h7,9-10,23-27,29-32,35H,6,8,11-22,28H2,1-5H3,(H,50,58). The number of alkyl halides is 3. The summed E-state index contributed by atoms with van der Waals surface area (Å²) in [5.74, 6) is 0.538. The summed E-state index contributed by atoms with van der Waals surface area (Å²) in [7, 11) is 5.67. The number of anilines is 4. The second-order valence-electron chi connectivity index (χ2n) is 17.3. The second kappa shape index (κ2) is 19.2. The number of carbonyl (C=O) groups excluding carboxylic acids is 2. The van der Waals surface area contributed by atoms with Crippen LogP contribution >= 0.6 is 12.0 Å². The van der Waals surface area contributed by atoms with E-state index in [1.165, 1.54) is 56.9 Å². The van der Waals surface area contributed by atoms with Crippen molar-refractivity contribution in [1.29, 1.82) is 0 Å². The van der Waals surface area contributed by atoms with Crippen molar-refractivity contribution in [3.05, 3.63) is 60.6 Å². The number of rotatable bonds is 15. The van der Waals surface area contributed by atoms with Crippen LogP contribution in [0.3, 0.4) is 0 Å². The molecule has 7 rings (SSSR count). The number of amides is 2. The maximum atomic E-state index is 13.1. The van der Waals surface area contributed by atoms with Gasteiger partial charge < -0.3 is 29.7 Å². The summed E-state index contributed by atoms with van der Waals surface area (Å²) in [6, 6.07) is 11.7. The molecule has 1 spiro atoms. The zero-order valence-electron chi connectivity index (χ0n) is 35.9. The van der Waals surface area contributed by atoms with Crippen LogP contribution in [0.25, 0.3) is 10.9 Å². The molecular weight excluding hydrogens is 806 g/mol. The molecule has 0 radical (unpaired) electrons. The predicted octanol–water partition coefficient (Wildman–Crippen LogP) is 9.57. The molecule has 4 aromatic rings. The monoisotopic (exact) mass is 864 g/mol. The maximum absolute atomic E-state index is 13.1. The second-order valence-corrected chi connectivity index (χ2v) is 18.2. The molecule has 61 heavy (non-hydrogen) atoms. The van der Waals surface area contributed by atoms with Gasteiger partial charge in [-0.15, -0.1) is 13.2 Å². The molecule has 2 saturated heterocycles. The van der Waals surface area contributed by atoms with Gasteiger partial charge in [0.15, 0.2) is 0 Å². The van der Waals surface area contributed by atoms with E-state index in [0.29, 0.717) is 22.8 Å². The molecule has 330 valence electrons. The first-order chi connectivity index (χ1) is 29.3. The van der Waals surface area contributed by atoms with Gasteiger partial charge in [0, 0.05) is 81.9 Å². The summed E-state index contributed by atoms with van der Waals surface area (Å²) in [5, 5.41) is 8.57. The summed E-state index contributed by atoms with van der Waals surface area (Å²) >= 11 is 0.0910. The number of likely N-dealkylation sites (tertiary alicyclic amines) is 1. The minimum absolute atomic E-state index is 0.0411. The molecule has 12 nitrogen and oxygen atoms in total. The van der Waals surface area contributed by atoms with Crippen molar-refractivity contribution in [3.63, 3.8) is 0 Å². The lowest BCUT2D eigenvalue weighted by Crippen LogP contribution is -2.48. The number of para-hydroxylation sites is 1. The lowest BCUT2D eigenvalue weighted by molar-refractivity contribution is -0.266. The smallest absolute Gasteiger partial charge is 0.494 e. The molecule has 1 atom stereocenters. The fraction of sp³-hybridized carbons (Fsp3) is 0.556. The van der Waals surface area contributed by atoms with Gasteiger partial charge in [-0.1, -0.05) is 19.4 Å². The number of pyridine rings is 1. The lowest BCUT2D eigenvalue weighted by atomic mass is 9.71. The van der Waals surface area contributed by atoms with E-state index in [-0.39, 0.29) is 34.6 Å². The number of piperidine rings is 2. The highest BCUT2D eigenvalue weighted by Gasteiger charge is 2.39. The van der Waals surface area contributed by atoms with Crippen LogP contribution in [-0.4, -0.2) is 98.3 Å². The van der Waals surface area contributed by atoms with Crippen molar-refractivity contribution in [2.75, 3.05) is 73.9 Å². The van der Waals surface area contributed by atoms with Gasteiger partial charge in [-0.2, -0.15) is 5.10 Å². The average Bonchev–Trinajstić information content (AvgIpc) is 3.67. The molecule has 2 aromatic carbocycles. The van der Waals surface area contributed by atoms with Crippen molar-refractivity contribution >= 4 is 58.0 Å². The Hall–Kier alpha value is -4.54. The van der Waals surface area contributed by atoms with Gasteiger partial charge >= 0.3 is 6.36 Å². The van der Waals surface area contributed by atoms with Crippen LogP contribution in [0.1, 0.15) is 94.5 Å². The molecule has 4 heterocycles. The Morgan fingerprint density at radius 1 is 1.05 bits per heavy atom. The van der Waals surface area contributed by atoms with Gasteiger partial charge in [0.1, 0.15) is 5.75 Å². The number of halogens is 3. The van der Waals surface area contributed by atoms with E-state index in [1.54, 1.807) is 6.07 Å². The molecule has 2 amide bonds. The Morgan fingerprint density at radius 2 is 1.77 bits per heavy atom. The number of aromatic nitrogens is 3. The SMILES string of the molecule is CCCC(C)N(C=O)c1cccc(N2CCC3(CCN(CC4CCC(n5cc6cc(NC(=O)c7cncc(SOC(F)(F)F)c7)c(OC)cc6n5)CC4)CC3)CC2)c1N(C)C. The fourth-order valence-corrected chi connectivity index (χ4v) is 10.2. The molecule has 1 N–H and O–H groups in total. The number of carbonyl (C=O) groups is 2. The third kappa shape index (κ3) is 10.6. The summed E-state index contributed by atoms with van der Waals surface area (Å²) in [6.45, 7) is 9.81. The third-order valence-corrected chi connectivity index (χ3v) is 13.8. The van der Waals surface area contributed by atoms with Crippen LogP contribution in [0.5, 0.6) is 5.75 Å². The van der Waals surface area contributed by atoms with Crippen LogP contribution in [0.4, 0.5) is 35.9 Å². The first-order valence-corrected chi connectivity index (χ1v) is 22.3. The first kappa shape index (κ1) is 44.5. The van der Waals surface area contributed by atoms with Crippen LogP contribution < -0.4 is 24.8 Å². The highest BCUT2D eigenvalue weighted by molar-refractivity contribution is 7.94. The first-order valence-electron chi connectivity index (χ1n) is 21.6. The highest BCUT2D eigenvalue weighted by atomic mass is 32.2. The Bertz CT molecular complexity index is 2120. The number of nitrogens with one attached hydrogen (secondary N) is 1. The molecule has 3 fully saturated rings. The molecule has 2 aromatic heterocycles. The Kier molecular flexibility index (Phi) is 14.0. The quantitative estimate of drug-likeness (QED) is 0.0918. The van der Waals surface area contributed by atoms with Crippen molar-refractivity contribution in [3.8, 4) is 5.75 Å². The van der Waals surface area contributed by atoms with Crippen LogP contribution in [0, 0.1) is 11.3 Å². The van der Waals surface area contributed by atoms with E-state index < -0.39 is 12.3 Å². The Balaban J connectivity index is 0.899. The number of methoxy groups -OCH3 is 1. The van der Waals surface area contributed by atoms with Gasteiger partial charge in [0.25, 0.3) is 5.91 Å². The number of hydrogen-bond acceptors (Lipinski definition) is 10. The van der Waals surface area contributed by atoms with E-state index in [2.05, 4.69) is 80.0 Å². The van der Waals surface area contributed by atoms with Gasteiger partial charge in [0.2, 0.25) is 6.41 Å². The Labute approximate surface area is 361 Å². The largest absolute Gasteiger partial charge is 0.533 e. The molecule has 0 bridgehead atoms. The van der Waals surface area contributed by atoms with Gasteiger partial charge in [-0.3, -0.25) is 19.3 Å². The summed E-state index contributed by atoms with van der Waals surface area (Å²) in [5.41, 5.74) is 4.98. The predicted molar refractivity (Wildman–Crippen MR) is 236 cm³/mol. The number of fused-ring (bicyclic) bond motifs is 1. The van der Waals surface area contributed by atoms with Gasteiger partial charge in [-0.25, -0.2) is 4.18 Å². The lowest BCUT2D eigenvalue weighted by Gasteiger charge is -2.48. The van der Waals surface area contributed by atoms with Gasteiger partial charge in [-0.05, 0) is 113 Å². The minimum Gasteiger partial charge on any atom is -0.494 e. The molecule has 1 aliphatic carbocycles. The molecular formula is C45H59F3N8O4S. The Morgan fingerprint density at radius 3 is 2.43 bits per heavy atom. The van der Waals surface area contributed by atoms with Crippen molar-refractivity contribution in [1.82, 2.24) is 19.7 Å². The minimum atomic E-state index is -4.82. The van der Waals surface area contributed by atoms with E-state index in [9.17, 15) is 22.8 Å². The van der Waals surface area contributed by atoms with Crippen molar-refractivity contribution in [2.45, 2.75) is 101 Å². The third-order valence-electron chi connectivity index (χ3n) is 13.1. The van der Waals surface area contributed by atoms with E-state index in [0.717, 1.165) is 99.9 Å². The van der Waals surface area contributed by atoms with E-state index in [4.69, 9.17) is 9.84 Å². The molecule has 3 aliphatic rings. The van der Waals surface area contributed by atoms with Crippen LogP contribution in [0.2, 0.25) is 0 Å². The number of ether oxygens (including phenoxy) is 1. The van der Waals surface area contributed by atoms with Crippen molar-refractivity contribution < 1.29 is 31.7 Å². The van der Waals surface area contributed by atoms with Crippen molar-refractivity contribution in [2.24, 2.45) is 11.3 Å². The topological polar surface area (TPSA) is 108 Å². The van der Waals surface area contributed by atoms with Crippen LogP contribution in [0.15, 0.2) is 59.9 Å². The average molecular weight is 865 g/mol.